The van der Waals surface area contributed by atoms with Crippen LogP contribution in [-0.4, -0.2) is 37.3 Å². The standard InChI is InChI=1S/C13H14O4/c1-2-4-8(5-3-1)6-14-10-9-7-15-13(16-9)12-11(10)17-12/h1-5,9-13H,6-7H2/t9-,10+,11-,12-,13-/m0/s1. The van der Waals surface area contributed by atoms with Gasteiger partial charge in [-0.15, -0.1) is 0 Å². The summed E-state index contributed by atoms with van der Waals surface area (Å²) in [6, 6.07) is 10.1. The van der Waals surface area contributed by atoms with Gasteiger partial charge >= 0.3 is 0 Å². The van der Waals surface area contributed by atoms with Gasteiger partial charge in [0.25, 0.3) is 0 Å². The van der Waals surface area contributed by atoms with Crippen molar-refractivity contribution in [2.45, 2.75) is 37.3 Å². The third kappa shape index (κ3) is 1.68. The van der Waals surface area contributed by atoms with Crippen LogP contribution in [0.3, 0.4) is 0 Å². The van der Waals surface area contributed by atoms with Crippen LogP contribution in [0.2, 0.25) is 0 Å². The molecule has 3 aliphatic rings. The van der Waals surface area contributed by atoms with Gasteiger partial charge in [-0.05, 0) is 5.56 Å². The van der Waals surface area contributed by atoms with Crippen molar-refractivity contribution in [1.82, 2.24) is 0 Å². The Kier molecular flexibility index (Phi) is 2.23. The van der Waals surface area contributed by atoms with E-state index in [2.05, 4.69) is 12.1 Å². The summed E-state index contributed by atoms with van der Waals surface area (Å²) >= 11 is 0. The smallest absolute Gasteiger partial charge is 0.187 e. The fraction of sp³-hybridized carbons (Fsp3) is 0.538. The minimum atomic E-state index is -0.151. The second-order valence-electron chi connectivity index (χ2n) is 4.70. The highest BCUT2D eigenvalue weighted by atomic mass is 16.8. The van der Waals surface area contributed by atoms with Crippen molar-refractivity contribution in [1.29, 1.82) is 0 Å². The molecule has 4 heteroatoms. The SMILES string of the molecule is c1ccc(CO[C@H]2[C@@H]3O[C@@H]3[C@H]3OC[C@@H]2O3)cc1. The molecule has 0 amide bonds. The van der Waals surface area contributed by atoms with Crippen molar-refractivity contribution in [2.75, 3.05) is 6.61 Å². The number of ether oxygens (including phenoxy) is 4. The van der Waals surface area contributed by atoms with Crippen molar-refractivity contribution in [2.24, 2.45) is 0 Å². The molecule has 5 atom stereocenters. The highest BCUT2D eigenvalue weighted by Crippen LogP contribution is 2.43. The number of benzene rings is 1. The van der Waals surface area contributed by atoms with Crippen molar-refractivity contribution in [3.63, 3.8) is 0 Å². The van der Waals surface area contributed by atoms with E-state index in [9.17, 15) is 0 Å². The molecule has 3 fully saturated rings. The molecule has 0 aliphatic carbocycles. The summed E-state index contributed by atoms with van der Waals surface area (Å²) < 4.78 is 22.6. The molecule has 3 aliphatic heterocycles. The lowest BCUT2D eigenvalue weighted by atomic mass is 10.1. The maximum Gasteiger partial charge on any atom is 0.187 e. The van der Waals surface area contributed by atoms with E-state index in [-0.39, 0.29) is 30.7 Å². The van der Waals surface area contributed by atoms with E-state index in [0.717, 1.165) is 0 Å². The molecule has 4 rings (SSSR count). The average molecular weight is 234 g/mol. The monoisotopic (exact) mass is 234 g/mol. The van der Waals surface area contributed by atoms with Gasteiger partial charge in [-0.1, -0.05) is 30.3 Å². The van der Waals surface area contributed by atoms with Gasteiger partial charge < -0.3 is 18.9 Å². The molecule has 0 unspecified atom stereocenters. The number of rotatable bonds is 3. The lowest BCUT2D eigenvalue weighted by Gasteiger charge is -2.24. The van der Waals surface area contributed by atoms with Crippen molar-refractivity contribution < 1.29 is 18.9 Å². The van der Waals surface area contributed by atoms with Crippen LogP contribution in [0.1, 0.15) is 5.56 Å². The number of hydrogen-bond donors (Lipinski definition) is 0. The molecule has 0 N–H and O–H groups in total. The first-order valence-corrected chi connectivity index (χ1v) is 6.00. The molecule has 0 radical (unpaired) electrons. The third-order valence-corrected chi connectivity index (χ3v) is 3.54. The first-order valence-electron chi connectivity index (χ1n) is 6.00. The second kappa shape index (κ2) is 3.78. The van der Waals surface area contributed by atoms with Gasteiger partial charge in [-0.2, -0.15) is 0 Å². The highest BCUT2D eigenvalue weighted by Gasteiger charge is 2.62. The number of hydrogen-bond acceptors (Lipinski definition) is 4. The first-order chi connectivity index (χ1) is 8.42. The van der Waals surface area contributed by atoms with E-state index in [1.54, 1.807) is 0 Å². The normalized spacial score (nSPS) is 42.2. The fourth-order valence-corrected chi connectivity index (χ4v) is 2.58. The maximum atomic E-state index is 5.92. The summed E-state index contributed by atoms with van der Waals surface area (Å²) in [6.45, 7) is 1.23. The quantitative estimate of drug-likeness (QED) is 0.734. The van der Waals surface area contributed by atoms with Crippen LogP contribution in [0.4, 0.5) is 0 Å². The molecule has 4 nitrogen and oxygen atoms in total. The molecule has 3 saturated heterocycles. The summed E-state index contributed by atoms with van der Waals surface area (Å²) in [5, 5.41) is 0. The Morgan fingerprint density at radius 3 is 2.88 bits per heavy atom. The summed E-state index contributed by atoms with van der Waals surface area (Å²) in [6.07, 6.45) is 0.160. The predicted octanol–water partition coefficient (Wildman–Crippen LogP) is 1.09. The summed E-state index contributed by atoms with van der Waals surface area (Å²) in [5.74, 6) is 0. The molecule has 1 aromatic carbocycles. The van der Waals surface area contributed by atoms with Gasteiger partial charge in [0.1, 0.15) is 24.4 Å². The first kappa shape index (κ1) is 10.0. The number of fused-ring (bicyclic) bond motifs is 4. The Labute approximate surface area is 99.4 Å². The van der Waals surface area contributed by atoms with Crippen molar-refractivity contribution >= 4 is 0 Å². The largest absolute Gasteiger partial charge is 0.368 e. The van der Waals surface area contributed by atoms with Gasteiger partial charge in [-0.25, -0.2) is 0 Å². The van der Waals surface area contributed by atoms with E-state index in [1.807, 2.05) is 18.2 Å². The minimum absolute atomic E-state index is 0.0129. The Morgan fingerprint density at radius 1 is 1.12 bits per heavy atom. The average Bonchev–Trinajstić information content (AvgIpc) is 3.05. The van der Waals surface area contributed by atoms with Gasteiger partial charge in [0.05, 0.1) is 13.2 Å². The van der Waals surface area contributed by atoms with E-state index in [1.165, 1.54) is 5.56 Å². The fourth-order valence-electron chi connectivity index (χ4n) is 2.58. The predicted molar refractivity (Wildman–Crippen MR) is 58.3 cm³/mol. The Bertz CT molecular complexity index is 407. The molecule has 3 heterocycles. The van der Waals surface area contributed by atoms with E-state index in [4.69, 9.17) is 18.9 Å². The zero-order valence-corrected chi connectivity index (χ0v) is 9.32. The Morgan fingerprint density at radius 2 is 2.00 bits per heavy atom. The second-order valence-corrected chi connectivity index (χ2v) is 4.70. The molecule has 0 aromatic heterocycles. The van der Waals surface area contributed by atoms with Gasteiger partial charge in [0.15, 0.2) is 6.29 Å². The van der Waals surface area contributed by atoms with Gasteiger partial charge in [0.2, 0.25) is 0 Å². The summed E-state index contributed by atoms with van der Waals surface area (Å²) in [7, 11) is 0. The molecule has 0 spiro atoms. The summed E-state index contributed by atoms with van der Waals surface area (Å²) in [5.41, 5.74) is 1.17. The van der Waals surface area contributed by atoms with E-state index < -0.39 is 0 Å². The van der Waals surface area contributed by atoms with Crippen LogP contribution in [0.15, 0.2) is 30.3 Å². The zero-order chi connectivity index (χ0) is 11.2. The van der Waals surface area contributed by atoms with E-state index >= 15 is 0 Å². The highest BCUT2D eigenvalue weighted by molar-refractivity contribution is 5.14. The van der Waals surface area contributed by atoms with E-state index in [0.29, 0.717) is 13.2 Å². The molecule has 1 aromatic rings. The number of epoxide rings is 1. The zero-order valence-electron chi connectivity index (χ0n) is 9.32. The van der Waals surface area contributed by atoms with Crippen molar-refractivity contribution in [3.05, 3.63) is 35.9 Å². The molecular formula is C13H14O4. The van der Waals surface area contributed by atoms with Crippen molar-refractivity contribution in [3.8, 4) is 0 Å². The molecule has 90 valence electrons. The Hall–Kier alpha value is -0.940. The lowest BCUT2D eigenvalue weighted by Crippen LogP contribution is -2.41. The molecule has 17 heavy (non-hydrogen) atoms. The maximum absolute atomic E-state index is 5.92. The van der Waals surface area contributed by atoms with Crippen LogP contribution < -0.4 is 0 Å². The van der Waals surface area contributed by atoms with Crippen LogP contribution in [-0.2, 0) is 25.6 Å². The van der Waals surface area contributed by atoms with Crippen LogP contribution in [0, 0.1) is 0 Å². The minimum Gasteiger partial charge on any atom is -0.368 e. The topological polar surface area (TPSA) is 40.2 Å². The Balaban J connectivity index is 1.43. The van der Waals surface area contributed by atoms with Crippen LogP contribution in [0.25, 0.3) is 0 Å². The molecular weight excluding hydrogens is 220 g/mol. The molecule has 0 saturated carbocycles. The van der Waals surface area contributed by atoms with Crippen LogP contribution in [0.5, 0.6) is 0 Å². The lowest BCUT2D eigenvalue weighted by molar-refractivity contribution is -0.121. The summed E-state index contributed by atoms with van der Waals surface area (Å²) in [4.78, 5) is 0. The van der Waals surface area contributed by atoms with Gasteiger partial charge in [0, 0.05) is 0 Å². The third-order valence-electron chi connectivity index (χ3n) is 3.54. The molecule has 2 bridgehead atoms. The van der Waals surface area contributed by atoms with Gasteiger partial charge in [-0.3, -0.25) is 0 Å². The van der Waals surface area contributed by atoms with Crippen LogP contribution >= 0.6 is 0 Å².